The molecule has 0 aromatic rings. The molecule has 1 fully saturated rings. The number of carboxylic acids is 1. The highest BCUT2D eigenvalue weighted by atomic mass is 16.4. The second-order valence-electron chi connectivity index (χ2n) is 5.05. The van der Waals surface area contributed by atoms with E-state index in [1.165, 1.54) is 0 Å². The molecule has 1 amide bonds. The molecule has 2 atom stereocenters. The van der Waals surface area contributed by atoms with Gasteiger partial charge in [-0.15, -0.1) is 0 Å². The van der Waals surface area contributed by atoms with Gasteiger partial charge in [0, 0.05) is 12.6 Å². The molecule has 0 aromatic carbocycles. The van der Waals surface area contributed by atoms with Gasteiger partial charge in [0.1, 0.15) is 0 Å². The molecule has 0 bridgehead atoms. The van der Waals surface area contributed by atoms with Crippen molar-refractivity contribution in [2.45, 2.75) is 51.6 Å². The first kappa shape index (κ1) is 14.0. The Balaban J connectivity index is 2.70. The Morgan fingerprint density at radius 2 is 2.06 bits per heavy atom. The summed E-state index contributed by atoms with van der Waals surface area (Å²) in [6, 6.07) is -0.706. The van der Waals surface area contributed by atoms with E-state index in [1.807, 2.05) is 13.8 Å². The number of hydrogen-bond donors (Lipinski definition) is 2. The van der Waals surface area contributed by atoms with Gasteiger partial charge in [0.05, 0.1) is 12.5 Å². The highest BCUT2D eigenvalue weighted by molar-refractivity contribution is 5.83. The van der Waals surface area contributed by atoms with Crippen LogP contribution in [0.25, 0.3) is 0 Å². The Morgan fingerprint density at radius 3 is 2.59 bits per heavy atom. The average Bonchev–Trinajstić information content (AvgIpc) is 2.27. The normalized spacial score (nSPS) is 22.6. The monoisotopic (exact) mass is 242 g/mol. The molecule has 0 aliphatic carbocycles. The summed E-state index contributed by atoms with van der Waals surface area (Å²) in [5.74, 6) is -0.881. The van der Waals surface area contributed by atoms with Crippen LogP contribution >= 0.6 is 0 Å². The lowest BCUT2D eigenvalue weighted by atomic mass is 9.96. The zero-order valence-electron chi connectivity index (χ0n) is 10.6. The fourth-order valence-electron chi connectivity index (χ4n) is 2.18. The standard InChI is InChI=1S/C12H22N2O3/c1-8(2)11(13)12(17)14-6-4-3-5-9(14)7-10(15)16/h8-9,11H,3-7,13H2,1-2H3,(H,15,16)/t9-,11?/m1/s1. The first-order valence-corrected chi connectivity index (χ1v) is 6.21. The number of hydrogen-bond acceptors (Lipinski definition) is 3. The summed E-state index contributed by atoms with van der Waals surface area (Å²) in [5.41, 5.74) is 5.85. The average molecular weight is 242 g/mol. The van der Waals surface area contributed by atoms with Crippen LogP contribution in [0.2, 0.25) is 0 Å². The molecule has 1 unspecified atom stereocenters. The van der Waals surface area contributed by atoms with E-state index in [4.69, 9.17) is 10.8 Å². The zero-order valence-corrected chi connectivity index (χ0v) is 10.6. The number of piperidine rings is 1. The molecule has 0 radical (unpaired) electrons. The summed E-state index contributed by atoms with van der Waals surface area (Å²) >= 11 is 0. The van der Waals surface area contributed by atoms with Crippen molar-refractivity contribution in [1.82, 2.24) is 4.90 Å². The van der Waals surface area contributed by atoms with Gasteiger partial charge >= 0.3 is 5.97 Å². The summed E-state index contributed by atoms with van der Waals surface area (Å²) in [6.45, 7) is 4.44. The zero-order chi connectivity index (χ0) is 13.0. The molecule has 17 heavy (non-hydrogen) atoms. The first-order valence-electron chi connectivity index (χ1n) is 6.21. The van der Waals surface area contributed by atoms with Crippen LogP contribution in [0.3, 0.4) is 0 Å². The molecule has 5 heteroatoms. The quantitative estimate of drug-likeness (QED) is 0.764. The van der Waals surface area contributed by atoms with Gasteiger partial charge in [-0.05, 0) is 25.2 Å². The van der Waals surface area contributed by atoms with Crippen molar-refractivity contribution in [1.29, 1.82) is 0 Å². The smallest absolute Gasteiger partial charge is 0.305 e. The van der Waals surface area contributed by atoms with Crippen LogP contribution in [0.15, 0.2) is 0 Å². The number of nitrogens with zero attached hydrogens (tertiary/aromatic N) is 1. The molecular weight excluding hydrogens is 220 g/mol. The van der Waals surface area contributed by atoms with E-state index in [9.17, 15) is 9.59 Å². The third-order valence-electron chi connectivity index (χ3n) is 3.32. The largest absolute Gasteiger partial charge is 0.481 e. The van der Waals surface area contributed by atoms with E-state index in [1.54, 1.807) is 4.90 Å². The van der Waals surface area contributed by atoms with Gasteiger partial charge in [-0.1, -0.05) is 13.8 Å². The lowest BCUT2D eigenvalue weighted by molar-refractivity contribution is -0.142. The summed E-state index contributed by atoms with van der Waals surface area (Å²) < 4.78 is 0. The second-order valence-corrected chi connectivity index (χ2v) is 5.05. The fourth-order valence-corrected chi connectivity index (χ4v) is 2.18. The molecule has 0 spiro atoms. The molecule has 3 N–H and O–H groups in total. The lowest BCUT2D eigenvalue weighted by Gasteiger charge is -2.37. The molecule has 98 valence electrons. The Labute approximate surface area is 102 Å². The number of carbonyl (C=O) groups is 2. The minimum atomic E-state index is -0.854. The van der Waals surface area contributed by atoms with Crippen molar-refractivity contribution in [3.63, 3.8) is 0 Å². The predicted molar refractivity (Wildman–Crippen MR) is 64.4 cm³/mol. The maximum absolute atomic E-state index is 12.1. The second kappa shape index (κ2) is 6.00. The van der Waals surface area contributed by atoms with Crippen LogP contribution < -0.4 is 5.73 Å². The molecule has 1 aliphatic rings. The van der Waals surface area contributed by atoms with E-state index in [0.29, 0.717) is 6.54 Å². The van der Waals surface area contributed by atoms with E-state index < -0.39 is 12.0 Å². The van der Waals surface area contributed by atoms with Gasteiger partial charge in [0.25, 0.3) is 0 Å². The lowest BCUT2D eigenvalue weighted by Crippen LogP contribution is -2.52. The number of nitrogens with two attached hydrogens (primary N) is 1. The van der Waals surface area contributed by atoms with E-state index in [2.05, 4.69) is 0 Å². The number of rotatable bonds is 4. The molecule has 1 rings (SSSR count). The van der Waals surface area contributed by atoms with Crippen LogP contribution in [0.1, 0.15) is 39.5 Å². The molecule has 1 saturated heterocycles. The third kappa shape index (κ3) is 3.70. The van der Waals surface area contributed by atoms with Crippen molar-refractivity contribution in [3.05, 3.63) is 0 Å². The minimum Gasteiger partial charge on any atom is -0.481 e. The van der Waals surface area contributed by atoms with E-state index >= 15 is 0 Å². The Bertz CT molecular complexity index is 291. The van der Waals surface area contributed by atoms with Crippen molar-refractivity contribution in [2.24, 2.45) is 11.7 Å². The highest BCUT2D eigenvalue weighted by Gasteiger charge is 2.32. The SMILES string of the molecule is CC(C)C(N)C(=O)N1CCCC[C@@H]1CC(=O)O. The molecule has 0 saturated carbocycles. The molecule has 0 aromatic heterocycles. The van der Waals surface area contributed by atoms with Crippen LogP contribution in [0.4, 0.5) is 0 Å². The van der Waals surface area contributed by atoms with Gasteiger partial charge in [-0.3, -0.25) is 9.59 Å². The third-order valence-corrected chi connectivity index (χ3v) is 3.32. The minimum absolute atomic E-state index is 0.0244. The maximum Gasteiger partial charge on any atom is 0.305 e. The molecular formula is C12H22N2O3. The van der Waals surface area contributed by atoms with Gasteiger partial charge in [0.2, 0.25) is 5.91 Å². The Kier molecular flexibility index (Phi) is 4.93. The number of carboxylic acid groups (broad SMARTS) is 1. The van der Waals surface area contributed by atoms with Crippen molar-refractivity contribution in [2.75, 3.05) is 6.54 Å². The number of carbonyl (C=O) groups excluding carboxylic acids is 1. The van der Waals surface area contributed by atoms with Crippen LogP contribution in [0.5, 0.6) is 0 Å². The maximum atomic E-state index is 12.1. The number of likely N-dealkylation sites (tertiary alicyclic amines) is 1. The van der Waals surface area contributed by atoms with Crippen LogP contribution in [0, 0.1) is 5.92 Å². The van der Waals surface area contributed by atoms with E-state index in [0.717, 1.165) is 19.3 Å². The molecule has 1 aliphatic heterocycles. The fraction of sp³-hybridized carbons (Fsp3) is 0.833. The Morgan fingerprint density at radius 1 is 1.41 bits per heavy atom. The van der Waals surface area contributed by atoms with Crippen molar-refractivity contribution < 1.29 is 14.7 Å². The van der Waals surface area contributed by atoms with Gasteiger partial charge in [0.15, 0.2) is 0 Å². The van der Waals surface area contributed by atoms with Gasteiger partial charge in [-0.25, -0.2) is 0 Å². The predicted octanol–water partition coefficient (Wildman–Crippen LogP) is 0.825. The summed E-state index contributed by atoms with van der Waals surface area (Å²) in [5, 5.41) is 8.84. The Hall–Kier alpha value is -1.10. The number of amides is 1. The van der Waals surface area contributed by atoms with Crippen molar-refractivity contribution >= 4 is 11.9 Å². The molecule has 1 heterocycles. The summed E-state index contributed by atoms with van der Waals surface area (Å²) in [6.07, 6.45) is 2.71. The van der Waals surface area contributed by atoms with Gasteiger partial charge in [-0.2, -0.15) is 0 Å². The van der Waals surface area contributed by atoms with Crippen LogP contribution in [-0.2, 0) is 9.59 Å². The topological polar surface area (TPSA) is 83.6 Å². The highest BCUT2D eigenvalue weighted by Crippen LogP contribution is 2.21. The van der Waals surface area contributed by atoms with Crippen LogP contribution in [-0.4, -0.2) is 40.5 Å². The molecule has 5 nitrogen and oxygen atoms in total. The van der Waals surface area contributed by atoms with E-state index in [-0.39, 0.29) is 24.3 Å². The van der Waals surface area contributed by atoms with Gasteiger partial charge < -0.3 is 15.7 Å². The number of aliphatic carboxylic acids is 1. The first-order chi connectivity index (χ1) is 7.93. The van der Waals surface area contributed by atoms with Crippen molar-refractivity contribution in [3.8, 4) is 0 Å². The summed E-state index contributed by atoms with van der Waals surface area (Å²) in [7, 11) is 0. The summed E-state index contributed by atoms with van der Waals surface area (Å²) in [4.78, 5) is 24.6.